The van der Waals surface area contributed by atoms with E-state index in [4.69, 9.17) is 9.72 Å². The number of aryl methyl sites for hydroxylation is 1. The van der Waals surface area contributed by atoms with E-state index in [1.165, 1.54) is 0 Å². The summed E-state index contributed by atoms with van der Waals surface area (Å²) in [6.07, 6.45) is 2.55. The number of fused-ring (bicyclic) bond motifs is 1. The zero-order valence-electron chi connectivity index (χ0n) is 16.9. The predicted octanol–water partition coefficient (Wildman–Crippen LogP) is 3.27. The molecule has 1 aliphatic rings. The second-order valence-corrected chi connectivity index (χ2v) is 7.37. The van der Waals surface area contributed by atoms with Crippen molar-refractivity contribution < 1.29 is 9.53 Å². The minimum absolute atomic E-state index is 0.0415. The van der Waals surface area contributed by atoms with Gasteiger partial charge in [-0.15, -0.1) is 0 Å². The maximum absolute atomic E-state index is 12.9. The number of para-hydroxylation sites is 1. The normalized spacial score (nSPS) is 16.2. The number of rotatable bonds is 6. The molecular formula is C23H26N4O2. The molecule has 0 saturated carbocycles. The molecule has 0 aliphatic carbocycles. The fourth-order valence-corrected chi connectivity index (χ4v) is 3.90. The Morgan fingerprint density at radius 3 is 2.93 bits per heavy atom. The molecule has 1 aliphatic heterocycles. The number of benzene rings is 2. The summed E-state index contributed by atoms with van der Waals surface area (Å²) in [5.74, 6) is 1.52. The van der Waals surface area contributed by atoms with E-state index < -0.39 is 0 Å². The van der Waals surface area contributed by atoms with Gasteiger partial charge >= 0.3 is 0 Å². The van der Waals surface area contributed by atoms with Gasteiger partial charge in [-0.2, -0.15) is 0 Å². The topological polar surface area (TPSA) is 67.3 Å². The van der Waals surface area contributed by atoms with E-state index in [0.29, 0.717) is 12.5 Å². The lowest BCUT2D eigenvalue weighted by Gasteiger charge is -2.24. The first-order valence-electron chi connectivity index (χ1n) is 10.1. The SMILES string of the molecule is COc1cccc(CCNC(=O)[C@H]2CCCN2c2nc(C)c3ccccc3n2)c1. The Balaban J connectivity index is 1.43. The summed E-state index contributed by atoms with van der Waals surface area (Å²) in [5, 5.41) is 4.14. The van der Waals surface area contributed by atoms with Crippen molar-refractivity contribution in [2.45, 2.75) is 32.2 Å². The maximum Gasteiger partial charge on any atom is 0.242 e. The van der Waals surface area contributed by atoms with Gasteiger partial charge < -0.3 is 15.0 Å². The van der Waals surface area contributed by atoms with E-state index in [-0.39, 0.29) is 11.9 Å². The molecule has 1 fully saturated rings. The van der Waals surface area contributed by atoms with Crippen molar-refractivity contribution in [3.05, 3.63) is 59.8 Å². The number of nitrogens with one attached hydrogen (secondary N) is 1. The van der Waals surface area contributed by atoms with Crippen LogP contribution in [-0.4, -0.2) is 42.1 Å². The third-order valence-corrected chi connectivity index (χ3v) is 5.44. The molecule has 1 N–H and O–H groups in total. The molecule has 2 aromatic carbocycles. The van der Waals surface area contributed by atoms with Gasteiger partial charge in [0.05, 0.1) is 18.3 Å². The summed E-state index contributed by atoms with van der Waals surface area (Å²) in [7, 11) is 1.66. The van der Waals surface area contributed by atoms with E-state index in [2.05, 4.69) is 10.3 Å². The van der Waals surface area contributed by atoms with Gasteiger partial charge in [-0.05, 0) is 49.9 Å². The number of carbonyl (C=O) groups excluding carboxylic acids is 1. The minimum atomic E-state index is -0.221. The summed E-state index contributed by atoms with van der Waals surface area (Å²) in [5.41, 5.74) is 3.00. The second kappa shape index (κ2) is 8.47. The highest BCUT2D eigenvalue weighted by Gasteiger charge is 2.32. The Bertz CT molecular complexity index is 1020. The number of aromatic nitrogens is 2. The Kier molecular flexibility index (Phi) is 5.60. The molecule has 0 unspecified atom stereocenters. The molecule has 0 spiro atoms. The third-order valence-electron chi connectivity index (χ3n) is 5.44. The van der Waals surface area contributed by atoms with E-state index >= 15 is 0 Å². The molecule has 4 rings (SSSR count). The first-order valence-corrected chi connectivity index (χ1v) is 10.1. The molecule has 150 valence electrons. The van der Waals surface area contributed by atoms with Crippen molar-refractivity contribution in [2.24, 2.45) is 0 Å². The Morgan fingerprint density at radius 2 is 2.07 bits per heavy atom. The number of ether oxygens (including phenoxy) is 1. The van der Waals surface area contributed by atoms with E-state index in [0.717, 1.165) is 53.7 Å². The molecule has 1 atom stereocenters. The second-order valence-electron chi connectivity index (χ2n) is 7.37. The third kappa shape index (κ3) is 4.16. The molecule has 6 heteroatoms. The van der Waals surface area contributed by atoms with Crippen LogP contribution in [0.3, 0.4) is 0 Å². The number of anilines is 1. The zero-order valence-corrected chi connectivity index (χ0v) is 16.9. The van der Waals surface area contributed by atoms with Crippen LogP contribution >= 0.6 is 0 Å². The van der Waals surface area contributed by atoms with Gasteiger partial charge in [0.2, 0.25) is 11.9 Å². The van der Waals surface area contributed by atoms with Crippen LogP contribution in [0.2, 0.25) is 0 Å². The molecule has 1 aromatic heterocycles. The number of methoxy groups -OCH3 is 1. The lowest BCUT2D eigenvalue weighted by molar-refractivity contribution is -0.122. The maximum atomic E-state index is 12.9. The van der Waals surface area contributed by atoms with Gasteiger partial charge in [-0.3, -0.25) is 4.79 Å². The monoisotopic (exact) mass is 390 g/mol. The summed E-state index contributed by atoms with van der Waals surface area (Å²) in [6, 6.07) is 15.7. The van der Waals surface area contributed by atoms with Crippen molar-refractivity contribution in [1.82, 2.24) is 15.3 Å². The van der Waals surface area contributed by atoms with Crippen LogP contribution in [0, 0.1) is 6.92 Å². The number of carbonyl (C=O) groups is 1. The Morgan fingerprint density at radius 1 is 1.21 bits per heavy atom. The van der Waals surface area contributed by atoms with Crippen LogP contribution in [0.5, 0.6) is 5.75 Å². The summed E-state index contributed by atoms with van der Waals surface area (Å²) >= 11 is 0. The van der Waals surface area contributed by atoms with Crippen LogP contribution in [-0.2, 0) is 11.2 Å². The Labute approximate surface area is 170 Å². The zero-order chi connectivity index (χ0) is 20.2. The van der Waals surface area contributed by atoms with E-state index in [1.54, 1.807) is 7.11 Å². The molecule has 1 amide bonds. The molecule has 0 bridgehead atoms. The van der Waals surface area contributed by atoms with Gasteiger partial charge in [0.25, 0.3) is 0 Å². The van der Waals surface area contributed by atoms with Crippen molar-refractivity contribution >= 4 is 22.8 Å². The van der Waals surface area contributed by atoms with E-state index in [1.807, 2.05) is 60.4 Å². The fraction of sp³-hybridized carbons (Fsp3) is 0.348. The van der Waals surface area contributed by atoms with Gasteiger partial charge in [-0.25, -0.2) is 9.97 Å². The smallest absolute Gasteiger partial charge is 0.242 e. The van der Waals surface area contributed by atoms with Crippen LogP contribution in [0.25, 0.3) is 10.9 Å². The standard InChI is InChI=1S/C23H26N4O2/c1-16-19-9-3-4-10-20(19)26-23(25-16)27-14-6-11-21(27)22(28)24-13-12-17-7-5-8-18(15-17)29-2/h3-5,7-10,15,21H,6,11-14H2,1-2H3,(H,24,28)/t21-/m1/s1. The van der Waals surface area contributed by atoms with Crippen molar-refractivity contribution in [3.8, 4) is 5.75 Å². The van der Waals surface area contributed by atoms with Gasteiger partial charge in [0, 0.05) is 18.5 Å². The highest BCUT2D eigenvalue weighted by molar-refractivity contribution is 5.86. The molecule has 0 radical (unpaired) electrons. The predicted molar refractivity (Wildman–Crippen MR) is 114 cm³/mol. The Hall–Kier alpha value is -3.15. The summed E-state index contributed by atoms with van der Waals surface area (Å²) in [4.78, 5) is 24.3. The lowest BCUT2D eigenvalue weighted by Crippen LogP contribution is -2.44. The first-order chi connectivity index (χ1) is 14.2. The first kappa shape index (κ1) is 19.2. The average molecular weight is 390 g/mol. The van der Waals surface area contributed by atoms with Crippen molar-refractivity contribution in [3.63, 3.8) is 0 Å². The van der Waals surface area contributed by atoms with Crippen molar-refractivity contribution in [1.29, 1.82) is 0 Å². The van der Waals surface area contributed by atoms with Crippen LogP contribution in [0.15, 0.2) is 48.5 Å². The number of nitrogens with zero attached hydrogens (tertiary/aromatic N) is 3. The number of amides is 1. The highest BCUT2D eigenvalue weighted by Crippen LogP contribution is 2.25. The minimum Gasteiger partial charge on any atom is -0.497 e. The van der Waals surface area contributed by atoms with Crippen LogP contribution < -0.4 is 15.0 Å². The molecular weight excluding hydrogens is 364 g/mol. The fourth-order valence-electron chi connectivity index (χ4n) is 3.90. The molecule has 29 heavy (non-hydrogen) atoms. The molecule has 1 saturated heterocycles. The lowest BCUT2D eigenvalue weighted by atomic mass is 10.1. The molecule has 6 nitrogen and oxygen atoms in total. The van der Waals surface area contributed by atoms with E-state index in [9.17, 15) is 4.79 Å². The molecule has 3 aromatic rings. The quantitative estimate of drug-likeness (QED) is 0.700. The van der Waals surface area contributed by atoms with Gasteiger partial charge in [-0.1, -0.05) is 30.3 Å². The highest BCUT2D eigenvalue weighted by atomic mass is 16.5. The van der Waals surface area contributed by atoms with Crippen molar-refractivity contribution in [2.75, 3.05) is 25.1 Å². The number of hydrogen-bond donors (Lipinski definition) is 1. The number of hydrogen-bond acceptors (Lipinski definition) is 5. The van der Waals surface area contributed by atoms with Crippen LogP contribution in [0.1, 0.15) is 24.1 Å². The molecule has 2 heterocycles. The van der Waals surface area contributed by atoms with Crippen LogP contribution in [0.4, 0.5) is 5.95 Å². The average Bonchev–Trinajstić information content (AvgIpc) is 3.24. The summed E-state index contributed by atoms with van der Waals surface area (Å²) in [6.45, 7) is 3.38. The van der Waals surface area contributed by atoms with Gasteiger partial charge in [0.1, 0.15) is 11.8 Å². The summed E-state index contributed by atoms with van der Waals surface area (Å²) < 4.78 is 5.26. The van der Waals surface area contributed by atoms with Gasteiger partial charge in [0.15, 0.2) is 0 Å². The largest absolute Gasteiger partial charge is 0.497 e.